The molecule has 22 heavy (non-hydrogen) atoms. The van der Waals surface area contributed by atoms with Gasteiger partial charge < -0.3 is 9.31 Å². The Morgan fingerprint density at radius 1 is 1.18 bits per heavy atom. The molecule has 0 aliphatic carbocycles. The first-order chi connectivity index (χ1) is 10.3. The maximum absolute atomic E-state index is 12.4. The maximum atomic E-state index is 12.4. The highest BCUT2D eigenvalue weighted by Crippen LogP contribution is 2.36. The smallest absolute Gasteiger partial charge is 0.399 e. The van der Waals surface area contributed by atoms with Gasteiger partial charge in [-0.05, 0) is 39.8 Å². The zero-order chi connectivity index (χ0) is 16.0. The lowest BCUT2D eigenvalue weighted by molar-refractivity contribution is 0.00578. The van der Waals surface area contributed by atoms with Crippen molar-refractivity contribution in [3.05, 3.63) is 41.3 Å². The largest absolute Gasteiger partial charge is 0.507 e. The molecule has 3 heterocycles. The Morgan fingerprint density at radius 3 is 2.45 bits per heavy atom. The molecule has 2 aromatic heterocycles. The molecule has 3 rings (SSSR count). The van der Waals surface area contributed by atoms with Gasteiger partial charge in [0, 0.05) is 24.2 Å². The second kappa shape index (κ2) is 5.26. The van der Waals surface area contributed by atoms with Crippen molar-refractivity contribution in [2.24, 2.45) is 0 Å². The summed E-state index contributed by atoms with van der Waals surface area (Å²) in [5, 5.41) is 0.415. The number of ketones is 1. The van der Waals surface area contributed by atoms with Crippen molar-refractivity contribution in [2.45, 2.75) is 38.9 Å². The molecule has 0 bridgehead atoms. The molecule has 5 nitrogen and oxygen atoms in total. The molecular weight excluding hydrogens is 299 g/mol. The van der Waals surface area contributed by atoms with Crippen LogP contribution in [0.2, 0.25) is 0 Å². The van der Waals surface area contributed by atoms with Crippen LogP contribution in [0.15, 0.2) is 30.7 Å². The lowest BCUT2D eigenvalue weighted by Gasteiger charge is -2.32. The van der Waals surface area contributed by atoms with E-state index in [1.165, 1.54) is 17.5 Å². The third-order valence-corrected chi connectivity index (χ3v) is 5.14. The Kier molecular flexibility index (Phi) is 3.67. The van der Waals surface area contributed by atoms with Crippen LogP contribution < -0.4 is 4.78 Å². The first-order valence-electron chi connectivity index (χ1n) is 7.06. The highest BCUT2D eigenvalue weighted by Gasteiger charge is 2.52. The minimum absolute atomic E-state index is 0.138. The van der Waals surface area contributed by atoms with Crippen molar-refractivity contribution in [3.63, 3.8) is 0 Å². The zero-order valence-electron chi connectivity index (χ0n) is 13.0. The number of carbonyl (C=O) groups excluding carboxylic acids is 1. The predicted octanol–water partition coefficient (Wildman–Crippen LogP) is 2.07. The number of nitrogens with zero attached hydrogens (tertiary/aromatic N) is 2. The summed E-state index contributed by atoms with van der Waals surface area (Å²) in [4.78, 5) is 20.5. The second-order valence-electron chi connectivity index (χ2n) is 6.23. The SMILES string of the molecule is CC1(C)OB(c2cnc(C(=O)c3cccnc3)s2)OC1(C)C. The minimum atomic E-state index is -0.488. The molecule has 0 spiro atoms. The number of hydrogen-bond acceptors (Lipinski definition) is 6. The first kappa shape index (κ1) is 15.3. The Morgan fingerprint density at radius 2 is 1.86 bits per heavy atom. The molecule has 0 N–H and O–H groups in total. The van der Waals surface area contributed by atoms with Crippen LogP contribution in [0.4, 0.5) is 0 Å². The first-order valence-corrected chi connectivity index (χ1v) is 7.88. The molecule has 0 unspecified atom stereocenters. The fourth-order valence-electron chi connectivity index (χ4n) is 2.08. The number of rotatable bonds is 3. The summed E-state index contributed by atoms with van der Waals surface area (Å²) in [6, 6.07) is 3.46. The lowest BCUT2D eigenvalue weighted by atomic mass is 9.89. The minimum Gasteiger partial charge on any atom is -0.399 e. The van der Waals surface area contributed by atoms with Crippen LogP contribution in [0, 0.1) is 0 Å². The van der Waals surface area contributed by atoms with Gasteiger partial charge in [-0.15, -0.1) is 11.3 Å². The fraction of sp³-hybridized carbons (Fsp3) is 0.400. The summed E-state index contributed by atoms with van der Waals surface area (Å²) >= 11 is 1.30. The van der Waals surface area contributed by atoms with E-state index in [-0.39, 0.29) is 5.78 Å². The molecule has 1 aliphatic heterocycles. The van der Waals surface area contributed by atoms with Gasteiger partial charge in [0.15, 0.2) is 5.01 Å². The molecular formula is C15H17BN2O3S. The molecule has 1 fully saturated rings. The predicted molar refractivity (Wildman–Crippen MR) is 85.5 cm³/mol. The van der Waals surface area contributed by atoms with E-state index in [0.29, 0.717) is 10.6 Å². The summed E-state index contributed by atoms with van der Waals surface area (Å²) in [5.41, 5.74) is -0.290. The highest BCUT2D eigenvalue weighted by molar-refractivity contribution is 7.23. The van der Waals surface area contributed by atoms with Crippen molar-refractivity contribution >= 4 is 29.0 Å². The topological polar surface area (TPSA) is 61.3 Å². The van der Waals surface area contributed by atoms with E-state index in [2.05, 4.69) is 9.97 Å². The number of carbonyl (C=O) groups is 1. The normalized spacial score (nSPS) is 19.4. The summed E-state index contributed by atoms with van der Waals surface area (Å²) in [6.45, 7) is 7.98. The molecule has 2 aromatic rings. The number of aromatic nitrogens is 2. The van der Waals surface area contributed by atoms with Gasteiger partial charge in [-0.2, -0.15) is 0 Å². The molecule has 0 atom stereocenters. The monoisotopic (exact) mass is 316 g/mol. The van der Waals surface area contributed by atoms with E-state index in [4.69, 9.17) is 9.31 Å². The lowest BCUT2D eigenvalue weighted by Crippen LogP contribution is -2.41. The summed E-state index contributed by atoms with van der Waals surface area (Å²) < 4.78 is 12.7. The van der Waals surface area contributed by atoms with Crippen molar-refractivity contribution in [1.29, 1.82) is 0 Å². The van der Waals surface area contributed by atoms with E-state index in [1.54, 1.807) is 24.5 Å². The van der Waals surface area contributed by atoms with E-state index >= 15 is 0 Å². The maximum Gasteiger partial charge on any atom is 0.507 e. The van der Waals surface area contributed by atoms with Crippen LogP contribution >= 0.6 is 11.3 Å². The van der Waals surface area contributed by atoms with Crippen LogP contribution in [-0.4, -0.2) is 34.1 Å². The molecule has 0 amide bonds. The molecule has 114 valence electrons. The van der Waals surface area contributed by atoms with Gasteiger partial charge in [0.05, 0.1) is 16.0 Å². The third kappa shape index (κ3) is 2.60. The molecule has 1 saturated heterocycles. The van der Waals surface area contributed by atoms with E-state index < -0.39 is 18.3 Å². The average Bonchev–Trinajstić information content (AvgIpc) is 3.03. The van der Waals surface area contributed by atoms with Crippen LogP contribution in [0.25, 0.3) is 0 Å². The van der Waals surface area contributed by atoms with Crippen molar-refractivity contribution in [2.75, 3.05) is 0 Å². The third-order valence-electron chi connectivity index (χ3n) is 4.13. The quantitative estimate of drug-likeness (QED) is 0.641. The van der Waals surface area contributed by atoms with E-state index in [9.17, 15) is 4.79 Å². The van der Waals surface area contributed by atoms with Gasteiger partial charge >= 0.3 is 7.12 Å². The zero-order valence-corrected chi connectivity index (χ0v) is 13.8. The van der Waals surface area contributed by atoms with E-state index in [1.807, 2.05) is 27.7 Å². The van der Waals surface area contributed by atoms with Gasteiger partial charge in [-0.1, -0.05) is 0 Å². The van der Waals surface area contributed by atoms with Gasteiger partial charge in [0.2, 0.25) is 5.78 Å². The molecule has 7 heteroatoms. The fourth-order valence-corrected chi connectivity index (χ4v) is 2.92. The van der Waals surface area contributed by atoms with Crippen LogP contribution in [0.5, 0.6) is 0 Å². The van der Waals surface area contributed by atoms with Crippen molar-refractivity contribution < 1.29 is 14.1 Å². The number of thiazole rings is 1. The van der Waals surface area contributed by atoms with Gasteiger partial charge in [0.25, 0.3) is 0 Å². The summed E-state index contributed by atoms with van der Waals surface area (Å²) in [5.74, 6) is -0.138. The van der Waals surface area contributed by atoms with Crippen molar-refractivity contribution in [3.8, 4) is 0 Å². The van der Waals surface area contributed by atoms with Crippen molar-refractivity contribution in [1.82, 2.24) is 9.97 Å². The van der Waals surface area contributed by atoms with E-state index in [0.717, 1.165) is 4.78 Å². The Hall–Kier alpha value is -1.57. The standard InChI is InChI=1S/C15H17BN2O3S/c1-14(2)15(3,4)21-16(20-14)11-9-18-13(22-11)12(19)10-6-5-7-17-8-10/h5-9H,1-4H3. The second-order valence-corrected chi connectivity index (χ2v) is 7.29. The average molecular weight is 316 g/mol. The Balaban J connectivity index is 1.82. The number of pyridine rings is 1. The molecule has 0 saturated carbocycles. The summed E-state index contributed by atoms with van der Waals surface area (Å²) in [6.07, 6.45) is 4.82. The Labute approximate surface area is 133 Å². The van der Waals surface area contributed by atoms with Gasteiger partial charge in [-0.25, -0.2) is 4.98 Å². The van der Waals surface area contributed by atoms with Gasteiger partial charge in [-0.3, -0.25) is 9.78 Å². The molecule has 1 aliphatic rings. The highest BCUT2D eigenvalue weighted by atomic mass is 32.1. The van der Waals surface area contributed by atoms with Crippen LogP contribution in [0.1, 0.15) is 43.1 Å². The van der Waals surface area contributed by atoms with Gasteiger partial charge in [0.1, 0.15) is 0 Å². The van der Waals surface area contributed by atoms with Crippen LogP contribution in [0.3, 0.4) is 0 Å². The summed E-state index contributed by atoms with van der Waals surface area (Å²) in [7, 11) is -0.488. The number of hydrogen-bond donors (Lipinski definition) is 0. The van der Waals surface area contributed by atoms with Crippen LogP contribution in [-0.2, 0) is 9.31 Å². The molecule has 0 radical (unpaired) electrons. The Bertz CT molecular complexity index is 684. The molecule has 0 aromatic carbocycles.